The molecule has 0 aliphatic rings. The lowest BCUT2D eigenvalue weighted by molar-refractivity contribution is -0.0874. The first-order valence-electron chi connectivity index (χ1n) is 13.8. The summed E-state index contributed by atoms with van der Waals surface area (Å²) in [5, 5.41) is 25.3. The predicted molar refractivity (Wildman–Crippen MR) is 153 cm³/mol. The highest BCUT2D eigenvalue weighted by atomic mass is 16.8. The molecule has 12 nitrogen and oxygen atoms in total. The second kappa shape index (κ2) is 12.9. The first kappa shape index (κ1) is 30.4. The Morgan fingerprint density at radius 1 is 1.00 bits per heavy atom. The van der Waals surface area contributed by atoms with Crippen molar-refractivity contribution in [1.82, 2.24) is 30.2 Å². The van der Waals surface area contributed by atoms with E-state index in [-0.39, 0.29) is 17.5 Å². The molecule has 0 radical (unpaired) electrons. The number of aromatic amines is 1. The fourth-order valence-electron chi connectivity index (χ4n) is 4.48. The highest BCUT2D eigenvalue weighted by molar-refractivity contribution is 5.89. The summed E-state index contributed by atoms with van der Waals surface area (Å²) in [5.74, 6) is 0.341. The van der Waals surface area contributed by atoms with Gasteiger partial charge >= 0.3 is 12.1 Å². The molecule has 12 heteroatoms. The van der Waals surface area contributed by atoms with E-state index in [9.17, 15) is 14.7 Å². The van der Waals surface area contributed by atoms with E-state index in [1.54, 1.807) is 32.3 Å². The molecule has 0 saturated carbocycles. The molecule has 1 unspecified atom stereocenters. The molecule has 222 valence electrons. The number of rotatable bonds is 11. The Labute approximate surface area is 244 Å². The molecule has 4 aromatic rings. The van der Waals surface area contributed by atoms with Gasteiger partial charge in [-0.1, -0.05) is 55.5 Å². The maximum absolute atomic E-state index is 13.5. The highest BCUT2D eigenvalue weighted by Gasteiger charge is 2.33. The van der Waals surface area contributed by atoms with Crippen LogP contribution in [0.1, 0.15) is 75.5 Å². The molecular formula is C30H36N6O6. The molecule has 0 bridgehead atoms. The molecule has 2 aromatic heterocycles. The summed E-state index contributed by atoms with van der Waals surface area (Å²) in [4.78, 5) is 30.1. The zero-order valence-corrected chi connectivity index (χ0v) is 24.6. The van der Waals surface area contributed by atoms with E-state index in [2.05, 4.69) is 25.6 Å². The van der Waals surface area contributed by atoms with E-state index < -0.39 is 24.0 Å². The molecule has 2 heterocycles. The van der Waals surface area contributed by atoms with Crippen LogP contribution in [-0.4, -0.2) is 59.8 Å². The topological polar surface area (TPSA) is 154 Å². The van der Waals surface area contributed by atoms with E-state index in [0.717, 1.165) is 28.7 Å². The third-order valence-electron chi connectivity index (χ3n) is 6.28. The van der Waals surface area contributed by atoms with Gasteiger partial charge in [0, 0.05) is 25.5 Å². The van der Waals surface area contributed by atoms with Crippen molar-refractivity contribution in [2.75, 3.05) is 0 Å². The number of tetrazole rings is 1. The number of carbonyl (C=O) groups excluding carboxylic acids is 2. The minimum atomic E-state index is -1.44. The maximum atomic E-state index is 13.5. The predicted octanol–water partition coefficient (Wildman–Crippen LogP) is 5.02. The van der Waals surface area contributed by atoms with Crippen molar-refractivity contribution in [3.63, 3.8) is 0 Å². The zero-order valence-electron chi connectivity index (χ0n) is 24.6. The standard InChI is InChI=1S/C30H36N6O6/c1-7-10-24-31-26(30(5,6)39)25(28(37)41-19(4)42-29(38)40-18(2)3)36(24)17-20-13-15-21(16-14-20)22-11-8-9-12-23(22)27-32-34-35-33-27/h8-9,11-16,18-19,39H,7,10,17H2,1-6H3,(H,32,33,34,35). The molecule has 4 rings (SSSR count). The van der Waals surface area contributed by atoms with E-state index in [1.807, 2.05) is 55.5 Å². The summed E-state index contributed by atoms with van der Waals surface area (Å²) in [7, 11) is 0. The van der Waals surface area contributed by atoms with Crippen molar-refractivity contribution >= 4 is 12.1 Å². The number of benzene rings is 2. The lowest BCUT2D eigenvalue weighted by Gasteiger charge is -2.20. The summed E-state index contributed by atoms with van der Waals surface area (Å²) in [6, 6.07) is 15.7. The number of ether oxygens (including phenoxy) is 3. The van der Waals surface area contributed by atoms with Gasteiger partial charge in [-0.2, -0.15) is 5.21 Å². The molecule has 0 amide bonds. The van der Waals surface area contributed by atoms with Crippen LogP contribution in [0.25, 0.3) is 22.5 Å². The van der Waals surface area contributed by atoms with Gasteiger partial charge in [-0.3, -0.25) is 0 Å². The molecule has 0 aliphatic heterocycles. The van der Waals surface area contributed by atoms with E-state index in [0.29, 0.717) is 24.6 Å². The van der Waals surface area contributed by atoms with Gasteiger partial charge in [0.05, 0.1) is 6.10 Å². The number of H-pyrrole nitrogens is 1. The first-order chi connectivity index (χ1) is 20.0. The van der Waals surface area contributed by atoms with Crippen LogP contribution in [0.5, 0.6) is 0 Å². The molecule has 2 N–H and O–H groups in total. The summed E-state index contributed by atoms with van der Waals surface area (Å²) in [5.41, 5.74) is 2.46. The Kier molecular flexibility index (Phi) is 9.36. The van der Waals surface area contributed by atoms with E-state index in [4.69, 9.17) is 14.2 Å². The fourth-order valence-corrected chi connectivity index (χ4v) is 4.48. The van der Waals surface area contributed by atoms with Crippen molar-refractivity contribution < 1.29 is 28.9 Å². The maximum Gasteiger partial charge on any atom is 0.511 e. The van der Waals surface area contributed by atoms with Crippen molar-refractivity contribution in [2.45, 2.75) is 78.9 Å². The molecule has 0 spiro atoms. The Balaban J connectivity index is 1.65. The average Bonchev–Trinajstić information content (AvgIpc) is 3.58. The number of hydrogen-bond donors (Lipinski definition) is 2. The van der Waals surface area contributed by atoms with Crippen LogP contribution >= 0.6 is 0 Å². The quantitative estimate of drug-likeness (QED) is 0.184. The summed E-state index contributed by atoms with van der Waals surface area (Å²) in [6.07, 6.45) is -1.23. The largest absolute Gasteiger partial charge is 0.511 e. The Morgan fingerprint density at radius 2 is 1.69 bits per heavy atom. The van der Waals surface area contributed by atoms with Crippen molar-refractivity contribution in [2.24, 2.45) is 0 Å². The summed E-state index contributed by atoms with van der Waals surface area (Å²) < 4.78 is 17.3. The summed E-state index contributed by atoms with van der Waals surface area (Å²) >= 11 is 0. The van der Waals surface area contributed by atoms with Crippen LogP contribution < -0.4 is 0 Å². The number of aromatic nitrogens is 6. The molecule has 2 aromatic carbocycles. The second-order valence-corrected chi connectivity index (χ2v) is 10.6. The van der Waals surface area contributed by atoms with Gasteiger partial charge in [0.15, 0.2) is 5.69 Å². The minimum Gasteiger partial charge on any atom is -0.431 e. The van der Waals surface area contributed by atoms with Crippen LogP contribution in [-0.2, 0) is 32.8 Å². The van der Waals surface area contributed by atoms with E-state index in [1.165, 1.54) is 6.92 Å². The van der Waals surface area contributed by atoms with Gasteiger partial charge in [-0.25, -0.2) is 14.6 Å². The number of hydrogen-bond acceptors (Lipinski definition) is 10. The highest BCUT2D eigenvalue weighted by Crippen LogP contribution is 2.31. The normalized spacial score (nSPS) is 12.3. The third kappa shape index (κ3) is 7.19. The molecule has 0 aliphatic carbocycles. The second-order valence-electron chi connectivity index (χ2n) is 10.6. The number of nitrogens with zero attached hydrogens (tertiary/aromatic N) is 5. The SMILES string of the molecule is CCCc1nc(C(C)(C)O)c(C(=O)OC(C)OC(=O)OC(C)C)n1Cc1ccc(-c2ccccc2-c2nn[nH]n2)cc1. The smallest absolute Gasteiger partial charge is 0.431 e. The fraction of sp³-hybridized carbons (Fsp3) is 0.400. The van der Waals surface area contributed by atoms with Crippen molar-refractivity contribution in [3.05, 3.63) is 71.3 Å². The number of aryl methyl sites for hydroxylation is 1. The minimum absolute atomic E-state index is 0.0881. The average molecular weight is 577 g/mol. The van der Waals surface area contributed by atoms with Crippen molar-refractivity contribution in [3.8, 4) is 22.5 Å². The van der Waals surface area contributed by atoms with Gasteiger partial charge in [-0.05, 0) is 56.0 Å². The van der Waals surface area contributed by atoms with Gasteiger partial charge in [0.2, 0.25) is 12.1 Å². The van der Waals surface area contributed by atoms with Gasteiger partial charge in [0.25, 0.3) is 0 Å². The van der Waals surface area contributed by atoms with Gasteiger partial charge in [-0.15, -0.1) is 10.2 Å². The van der Waals surface area contributed by atoms with E-state index >= 15 is 0 Å². The molecule has 1 atom stereocenters. The number of carbonyl (C=O) groups is 2. The lowest BCUT2D eigenvalue weighted by Crippen LogP contribution is -2.28. The Hall–Kier alpha value is -4.58. The van der Waals surface area contributed by atoms with Crippen molar-refractivity contribution in [1.29, 1.82) is 0 Å². The first-order valence-corrected chi connectivity index (χ1v) is 13.8. The van der Waals surface area contributed by atoms with Gasteiger partial charge < -0.3 is 23.9 Å². The van der Waals surface area contributed by atoms with Crippen LogP contribution in [0, 0.1) is 0 Å². The Morgan fingerprint density at radius 3 is 2.29 bits per heavy atom. The molecule has 0 saturated heterocycles. The van der Waals surface area contributed by atoms with Crippen LogP contribution in [0.3, 0.4) is 0 Å². The summed E-state index contributed by atoms with van der Waals surface area (Å²) in [6.45, 7) is 10.2. The number of esters is 1. The number of nitrogens with one attached hydrogen (secondary N) is 1. The monoisotopic (exact) mass is 576 g/mol. The van der Waals surface area contributed by atoms with Crippen LogP contribution in [0.2, 0.25) is 0 Å². The molecular weight excluding hydrogens is 540 g/mol. The third-order valence-corrected chi connectivity index (χ3v) is 6.28. The van der Waals surface area contributed by atoms with Crippen LogP contribution in [0.4, 0.5) is 4.79 Å². The zero-order chi connectivity index (χ0) is 30.4. The molecule has 0 fully saturated rings. The Bertz CT molecular complexity index is 1510. The lowest BCUT2D eigenvalue weighted by atomic mass is 9.98. The number of aliphatic hydroxyl groups is 1. The van der Waals surface area contributed by atoms with Gasteiger partial charge in [0.1, 0.15) is 17.1 Å². The number of imidazole rings is 1. The van der Waals surface area contributed by atoms with Crippen LogP contribution in [0.15, 0.2) is 48.5 Å². The molecule has 42 heavy (non-hydrogen) atoms.